The Morgan fingerprint density at radius 3 is 2.30 bits per heavy atom. The number of aliphatic hydroxyl groups excluding tert-OH is 1. The molecule has 10 heteroatoms. The van der Waals surface area contributed by atoms with Gasteiger partial charge in [-0.15, -0.1) is 0 Å². The summed E-state index contributed by atoms with van der Waals surface area (Å²) >= 11 is 0. The van der Waals surface area contributed by atoms with Gasteiger partial charge < -0.3 is 38.4 Å². The highest BCUT2D eigenvalue weighted by Crippen LogP contribution is 2.46. The number of amides is 1. The van der Waals surface area contributed by atoms with Crippen LogP contribution >= 0.6 is 0 Å². The lowest BCUT2D eigenvalue weighted by Crippen LogP contribution is -2.36. The number of methoxy groups -OCH3 is 3. The molecule has 37 heavy (non-hydrogen) atoms. The van der Waals surface area contributed by atoms with E-state index in [1.807, 2.05) is 0 Å². The van der Waals surface area contributed by atoms with Gasteiger partial charge in [0.25, 0.3) is 11.7 Å². The van der Waals surface area contributed by atoms with Gasteiger partial charge >= 0.3 is 0 Å². The number of carbonyl (C=O) groups is 2. The van der Waals surface area contributed by atoms with Gasteiger partial charge in [-0.2, -0.15) is 0 Å². The summed E-state index contributed by atoms with van der Waals surface area (Å²) in [6, 6.07) is 7.34. The van der Waals surface area contributed by atoms with Gasteiger partial charge in [0, 0.05) is 18.7 Å². The second-order valence-corrected chi connectivity index (χ2v) is 8.90. The Labute approximate surface area is 214 Å². The molecule has 196 valence electrons. The summed E-state index contributed by atoms with van der Waals surface area (Å²) in [6.45, 7) is 1.59. The van der Waals surface area contributed by atoms with E-state index in [9.17, 15) is 14.7 Å². The van der Waals surface area contributed by atoms with Crippen molar-refractivity contribution in [1.29, 1.82) is 0 Å². The number of ether oxygens (including phenoxy) is 6. The quantitative estimate of drug-likeness (QED) is 0.340. The standard InChI is InChI=1S/C27H29NO9/c1-32-20-12-16(13-21(33-2)26(20)34-3)23-22(25(30)27(31)28(23)14-17-5-4-8-35-17)24(29)15-6-7-18-19(11-15)37-10-9-36-18/h6-7,11-13,17,23,29H,4-5,8-10,14H2,1-3H3/b24-22+. The molecule has 3 aliphatic rings. The predicted octanol–water partition coefficient (Wildman–Crippen LogP) is 3.08. The monoisotopic (exact) mass is 511 g/mol. The van der Waals surface area contributed by atoms with Gasteiger partial charge in [-0.3, -0.25) is 9.59 Å². The Kier molecular flexibility index (Phi) is 6.84. The molecule has 5 rings (SSSR count). The summed E-state index contributed by atoms with van der Waals surface area (Å²) in [5.74, 6) is 0.270. The number of Topliss-reactive ketones (excluding diaryl/α,β-unsaturated/α-hetero) is 1. The highest BCUT2D eigenvalue weighted by atomic mass is 16.6. The van der Waals surface area contributed by atoms with Crippen LogP contribution in [-0.2, 0) is 14.3 Å². The van der Waals surface area contributed by atoms with Crippen LogP contribution in [0.5, 0.6) is 28.7 Å². The van der Waals surface area contributed by atoms with E-state index in [0.29, 0.717) is 59.7 Å². The molecular formula is C27H29NO9. The number of carbonyl (C=O) groups excluding carboxylic acids is 2. The average molecular weight is 512 g/mol. The van der Waals surface area contributed by atoms with Crippen LogP contribution in [0, 0.1) is 0 Å². The van der Waals surface area contributed by atoms with Crippen LogP contribution < -0.4 is 23.7 Å². The maximum absolute atomic E-state index is 13.4. The predicted molar refractivity (Wildman–Crippen MR) is 132 cm³/mol. The van der Waals surface area contributed by atoms with Gasteiger partial charge in [0.1, 0.15) is 19.0 Å². The maximum atomic E-state index is 13.4. The zero-order valence-corrected chi connectivity index (χ0v) is 20.9. The molecule has 3 heterocycles. The van der Waals surface area contributed by atoms with Crippen molar-refractivity contribution >= 4 is 17.4 Å². The van der Waals surface area contributed by atoms with Gasteiger partial charge in [-0.1, -0.05) is 0 Å². The molecule has 2 aromatic carbocycles. The molecule has 2 fully saturated rings. The molecule has 0 radical (unpaired) electrons. The number of nitrogens with zero attached hydrogens (tertiary/aromatic N) is 1. The van der Waals surface area contributed by atoms with Gasteiger partial charge in [-0.25, -0.2) is 0 Å². The van der Waals surface area contributed by atoms with E-state index in [1.165, 1.54) is 26.2 Å². The molecule has 0 saturated carbocycles. The molecule has 1 amide bonds. The SMILES string of the molecule is COc1cc(C2/C(=C(\O)c3ccc4c(c3)OCCO4)C(=O)C(=O)N2CC2CCCO2)cc(OC)c1OC. The molecule has 1 N–H and O–H groups in total. The number of ketones is 1. The van der Waals surface area contributed by atoms with Crippen LogP contribution in [-0.4, -0.2) is 75.5 Å². The van der Waals surface area contributed by atoms with Crippen LogP contribution in [0.4, 0.5) is 0 Å². The molecule has 0 spiro atoms. The first-order chi connectivity index (χ1) is 18.0. The lowest BCUT2D eigenvalue weighted by molar-refractivity contribution is -0.140. The first kappa shape index (κ1) is 24.8. The second-order valence-electron chi connectivity index (χ2n) is 8.90. The summed E-state index contributed by atoms with van der Waals surface area (Å²) in [5, 5.41) is 11.4. The zero-order chi connectivity index (χ0) is 26.1. The van der Waals surface area contributed by atoms with Gasteiger partial charge in [-0.05, 0) is 48.7 Å². The van der Waals surface area contributed by atoms with E-state index >= 15 is 0 Å². The zero-order valence-electron chi connectivity index (χ0n) is 20.9. The van der Waals surface area contributed by atoms with Crippen LogP contribution in [0.15, 0.2) is 35.9 Å². The molecule has 0 aliphatic carbocycles. The Hall–Kier alpha value is -3.92. The highest BCUT2D eigenvalue weighted by Gasteiger charge is 2.47. The first-order valence-corrected chi connectivity index (χ1v) is 12.1. The fraction of sp³-hybridized carbons (Fsp3) is 0.407. The Bertz CT molecular complexity index is 1220. The average Bonchev–Trinajstić information content (AvgIpc) is 3.53. The molecule has 2 aromatic rings. The third-order valence-electron chi connectivity index (χ3n) is 6.78. The van der Waals surface area contributed by atoms with E-state index in [4.69, 9.17) is 28.4 Å². The summed E-state index contributed by atoms with van der Waals surface area (Å²) in [6.07, 6.45) is 1.44. The van der Waals surface area contributed by atoms with Gasteiger partial charge in [0.15, 0.2) is 23.0 Å². The maximum Gasteiger partial charge on any atom is 0.295 e. The number of rotatable bonds is 7. The van der Waals surface area contributed by atoms with Crippen LogP contribution in [0.2, 0.25) is 0 Å². The molecule has 10 nitrogen and oxygen atoms in total. The summed E-state index contributed by atoms with van der Waals surface area (Å²) in [5.41, 5.74) is 0.802. The van der Waals surface area contributed by atoms with E-state index in [2.05, 4.69) is 0 Å². The highest BCUT2D eigenvalue weighted by molar-refractivity contribution is 6.46. The van der Waals surface area contributed by atoms with Crippen molar-refractivity contribution in [2.24, 2.45) is 0 Å². The van der Waals surface area contributed by atoms with Crippen molar-refractivity contribution in [2.75, 3.05) is 47.7 Å². The minimum absolute atomic E-state index is 0.0473. The fourth-order valence-electron chi connectivity index (χ4n) is 5.03. The van der Waals surface area contributed by atoms with Crippen molar-refractivity contribution in [3.63, 3.8) is 0 Å². The molecule has 2 saturated heterocycles. The molecule has 0 bridgehead atoms. The van der Waals surface area contributed by atoms with E-state index in [1.54, 1.807) is 30.3 Å². The summed E-state index contributed by atoms with van der Waals surface area (Å²) in [7, 11) is 4.46. The number of hydrogen-bond donors (Lipinski definition) is 1. The Morgan fingerprint density at radius 1 is 0.973 bits per heavy atom. The van der Waals surface area contributed by atoms with Crippen LogP contribution in [0.25, 0.3) is 5.76 Å². The molecule has 3 aliphatic heterocycles. The minimum atomic E-state index is -0.911. The van der Waals surface area contributed by atoms with Crippen molar-refractivity contribution in [2.45, 2.75) is 25.0 Å². The van der Waals surface area contributed by atoms with Gasteiger partial charge in [0.2, 0.25) is 5.75 Å². The van der Waals surface area contributed by atoms with Crippen molar-refractivity contribution in [3.8, 4) is 28.7 Å². The number of aliphatic hydroxyl groups is 1. The lowest BCUT2D eigenvalue weighted by Gasteiger charge is -2.28. The first-order valence-electron chi connectivity index (χ1n) is 12.1. The molecule has 0 aromatic heterocycles. The lowest BCUT2D eigenvalue weighted by atomic mass is 9.94. The number of hydrogen-bond acceptors (Lipinski definition) is 9. The Balaban J connectivity index is 1.66. The Morgan fingerprint density at radius 2 is 1.68 bits per heavy atom. The van der Waals surface area contributed by atoms with Crippen molar-refractivity contribution in [3.05, 3.63) is 47.0 Å². The molecular weight excluding hydrogens is 482 g/mol. The number of fused-ring (bicyclic) bond motifs is 1. The van der Waals surface area contributed by atoms with Crippen molar-refractivity contribution in [1.82, 2.24) is 4.90 Å². The van der Waals surface area contributed by atoms with Gasteiger partial charge in [0.05, 0.1) is 39.0 Å². The van der Waals surface area contributed by atoms with Crippen molar-refractivity contribution < 1.29 is 43.1 Å². The normalized spacial score (nSPS) is 22.3. The summed E-state index contributed by atoms with van der Waals surface area (Å²) < 4.78 is 33.5. The topological polar surface area (TPSA) is 113 Å². The number of likely N-dealkylation sites (tertiary alicyclic amines) is 1. The van der Waals surface area contributed by atoms with Crippen LogP contribution in [0.3, 0.4) is 0 Å². The number of benzene rings is 2. The van der Waals surface area contributed by atoms with E-state index in [-0.39, 0.29) is 24.0 Å². The summed E-state index contributed by atoms with van der Waals surface area (Å²) in [4.78, 5) is 28.2. The van der Waals surface area contributed by atoms with E-state index < -0.39 is 17.7 Å². The third kappa shape index (κ3) is 4.42. The largest absolute Gasteiger partial charge is 0.507 e. The van der Waals surface area contributed by atoms with E-state index in [0.717, 1.165) is 12.8 Å². The molecule has 2 atom stereocenters. The van der Waals surface area contributed by atoms with Crippen LogP contribution in [0.1, 0.15) is 30.0 Å². The fourth-order valence-corrected chi connectivity index (χ4v) is 5.03. The minimum Gasteiger partial charge on any atom is -0.507 e. The third-order valence-corrected chi connectivity index (χ3v) is 6.78. The molecule has 2 unspecified atom stereocenters. The smallest absolute Gasteiger partial charge is 0.295 e. The second kappa shape index (κ2) is 10.2.